The summed E-state index contributed by atoms with van der Waals surface area (Å²) in [4.78, 5) is 6.71. The quantitative estimate of drug-likeness (QED) is 0.841. The number of hydrogen-bond acceptors (Lipinski definition) is 5. The summed E-state index contributed by atoms with van der Waals surface area (Å²) < 4.78 is 7.16. The molecule has 0 unspecified atom stereocenters. The van der Waals surface area contributed by atoms with Crippen LogP contribution in [0.2, 0.25) is 0 Å². The Morgan fingerprint density at radius 2 is 2.30 bits per heavy atom. The second-order valence-electron chi connectivity index (χ2n) is 5.24. The zero-order valence-electron chi connectivity index (χ0n) is 11.9. The summed E-state index contributed by atoms with van der Waals surface area (Å²) in [5, 5.41) is 8.39. The molecule has 20 heavy (non-hydrogen) atoms. The number of nitrogens with zero attached hydrogens (tertiary/aromatic N) is 5. The lowest BCUT2D eigenvalue weighted by Gasteiger charge is -2.32. The predicted octanol–water partition coefficient (Wildman–Crippen LogP) is 1.19. The Morgan fingerprint density at radius 3 is 3.05 bits per heavy atom. The zero-order chi connectivity index (χ0) is 13.9. The summed E-state index contributed by atoms with van der Waals surface area (Å²) in [7, 11) is 0. The van der Waals surface area contributed by atoms with Crippen LogP contribution in [0, 0.1) is 6.92 Å². The summed E-state index contributed by atoms with van der Waals surface area (Å²) in [5.74, 6) is 0.796. The topological polar surface area (TPSA) is 56.1 Å². The van der Waals surface area contributed by atoms with Gasteiger partial charge in [-0.05, 0) is 25.5 Å². The van der Waals surface area contributed by atoms with Crippen molar-refractivity contribution in [2.24, 2.45) is 0 Å². The monoisotopic (exact) mass is 273 g/mol. The highest BCUT2D eigenvalue weighted by molar-refractivity contribution is 5.23. The third-order valence-corrected chi connectivity index (χ3v) is 3.54. The number of rotatable bonds is 3. The van der Waals surface area contributed by atoms with Crippen molar-refractivity contribution >= 4 is 0 Å². The van der Waals surface area contributed by atoms with Crippen molar-refractivity contribution in [1.82, 2.24) is 24.9 Å². The van der Waals surface area contributed by atoms with E-state index in [0.717, 1.165) is 43.4 Å². The smallest absolute Gasteiger partial charge is 0.155 e. The predicted molar refractivity (Wildman–Crippen MR) is 74.6 cm³/mol. The molecule has 1 fully saturated rings. The summed E-state index contributed by atoms with van der Waals surface area (Å²) in [6.45, 7) is 7.51. The van der Waals surface area contributed by atoms with Crippen LogP contribution in [0.1, 0.15) is 18.2 Å². The van der Waals surface area contributed by atoms with Crippen molar-refractivity contribution < 1.29 is 4.74 Å². The number of ether oxygens (including phenoxy) is 1. The van der Waals surface area contributed by atoms with Crippen LogP contribution < -0.4 is 0 Å². The van der Waals surface area contributed by atoms with Gasteiger partial charge in [0.05, 0.1) is 25.1 Å². The summed E-state index contributed by atoms with van der Waals surface area (Å²) in [6, 6.07) is 4.39. The first-order valence-corrected chi connectivity index (χ1v) is 6.88. The van der Waals surface area contributed by atoms with Gasteiger partial charge in [-0.2, -0.15) is 0 Å². The van der Waals surface area contributed by atoms with Crippen LogP contribution in [0.25, 0.3) is 5.82 Å². The average molecular weight is 273 g/mol. The van der Waals surface area contributed by atoms with Gasteiger partial charge in [-0.15, -0.1) is 5.10 Å². The molecular weight excluding hydrogens is 254 g/mol. The number of pyridine rings is 1. The van der Waals surface area contributed by atoms with Crippen molar-refractivity contribution in [2.45, 2.75) is 26.4 Å². The lowest BCUT2D eigenvalue weighted by Crippen LogP contribution is -2.42. The Balaban J connectivity index is 1.71. The van der Waals surface area contributed by atoms with Gasteiger partial charge in [-0.3, -0.25) is 4.90 Å². The van der Waals surface area contributed by atoms with Gasteiger partial charge in [0, 0.05) is 25.3 Å². The van der Waals surface area contributed by atoms with Crippen LogP contribution in [0.5, 0.6) is 0 Å². The highest BCUT2D eigenvalue weighted by Gasteiger charge is 2.19. The second kappa shape index (κ2) is 5.68. The van der Waals surface area contributed by atoms with Crippen molar-refractivity contribution in [3.05, 3.63) is 35.8 Å². The summed E-state index contributed by atoms with van der Waals surface area (Å²) >= 11 is 0. The molecule has 106 valence electrons. The molecule has 2 aromatic rings. The molecule has 6 nitrogen and oxygen atoms in total. The van der Waals surface area contributed by atoms with Gasteiger partial charge in [0.25, 0.3) is 0 Å². The zero-order valence-corrected chi connectivity index (χ0v) is 11.9. The van der Waals surface area contributed by atoms with E-state index in [1.165, 1.54) is 0 Å². The van der Waals surface area contributed by atoms with Gasteiger partial charge in [0.2, 0.25) is 0 Å². The molecule has 0 aromatic carbocycles. The summed E-state index contributed by atoms with van der Waals surface area (Å²) in [6.07, 6.45) is 3.78. The lowest BCUT2D eigenvalue weighted by molar-refractivity contribution is -0.00492. The van der Waals surface area contributed by atoms with Crippen molar-refractivity contribution in [2.75, 3.05) is 19.8 Å². The van der Waals surface area contributed by atoms with Gasteiger partial charge < -0.3 is 4.74 Å². The molecule has 0 bridgehead atoms. The molecule has 3 rings (SSSR count). The van der Waals surface area contributed by atoms with Crippen LogP contribution in [0.3, 0.4) is 0 Å². The maximum Gasteiger partial charge on any atom is 0.155 e. The summed E-state index contributed by atoms with van der Waals surface area (Å²) in [5.41, 5.74) is 2.09. The number of aromatic nitrogens is 4. The molecule has 3 heterocycles. The van der Waals surface area contributed by atoms with Crippen LogP contribution >= 0.6 is 0 Å². The lowest BCUT2D eigenvalue weighted by atomic mass is 10.2. The first-order chi connectivity index (χ1) is 9.72. The molecular formula is C14H19N5O. The number of hydrogen-bond donors (Lipinski definition) is 0. The van der Waals surface area contributed by atoms with Crippen molar-refractivity contribution in [1.29, 1.82) is 0 Å². The van der Waals surface area contributed by atoms with Gasteiger partial charge in [-0.25, -0.2) is 9.67 Å². The van der Waals surface area contributed by atoms with Crippen molar-refractivity contribution in [3.63, 3.8) is 0 Å². The third-order valence-electron chi connectivity index (χ3n) is 3.54. The minimum absolute atomic E-state index is 0.423. The molecule has 0 spiro atoms. The van der Waals surface area contributed by atoms with Crippen LogP contribution in [0.4, 0.5) is 0 Å². The second-order valence-corrected chi connectivity index (χ2v) is 5.24. The maximum atomic E-state index is 5.44. The molecule has 1 atom stereocenters. The third kappa shape index (κ3) is 2.86. The Labute approximate surface area is 118 Å². The largest absolute Gasteiger partial charge is 0.379 e. The van der Waals surface area contributed by atoms with Gasteiger partial charge in [0.1, 0.15) is 0 Å². The Hall–Kier alpha value is -1.79. The Bertz CT molecular complexity index is 565. The van der Waals surface area contributed by atoms with Crippen LogP contribution in [0.15, 0.2) is 24.5 Å². The van der Waals surface area contributed by atoms with E-state index in [9.17, 15) is 0 Å². The molecule has 6 heteroatoms. The van der Waals surface area contributed by atoms with E-state index >= 15 is 0 Å². The SMILES string of the molecule is Cc1ccc(-n2cc(CN3CCOC[C@H]3C)nn2)nc1. The molecule has 1 aliphatic rings. The average Bonchev–Trinajstić information content (AvgIpc) is 2.91. The molecule has 0 saturated carbocycles. The van der Waals surface area contributed by atoms with E-state index in [4.69, 9.17) is 4.74 Å². The molecule has 0 radical (unpaired) electrons. The Kier molecular flexibility index (Phi) is 3.75. The highest BCUT2D eigenvalue weighted by Crippen LogP contribution is 2.11. The molecule has 2 aromatic heterocycles. The fraction of sp³-hybridized carbons (Fsp3) is 0.500. The number of morpholine rings is 1. The number of aryl methyl sites for hydroxylation is 1. The molecule has 1 saturated heterocycles. The minimum atomic E-state index is 0.423. The van der Waals surface area contributed by atoms with Gasteiger partial charge in [-0.1, -0.05) is 11.3 Å². The van der Waals surface area contributed by atoms with E-state index in [1.807, 2.05) is 31.5 Å². The van der Waals surface area contributed by atoms with Gasteiger partial charge >= 0.3 is 0 Å². The minimum Gasteiger partial charge on any atom is -0.379 e. The van der Waals surface area contributed by atoms with Crippen LogP contribution in [-0.2, 0) is 11.3 Å². The van der Waals surface area contributed by atoms with E-state index < -0.39 is 0 Å². The maximum absolute atomic E-state index is 5.44. The van der Waals surface area contributed by atoms with E-state index in [1.54, 1.807) is 4.68 Å². The van der Waals surface area contributed by atoms with E-state index in [0.29, 0.717) is 6.04 Å². The Morgan fingerprint density at radius 1 is 1.40 bits per heavy atom. The fourth-order valence-electron chi connectivity index (χ4n) is 2.28. The van der Waals surface area contributed by atoms with Crippen LogP contribution in [-0.4, -0.2) is 50.7 Å². The molecule has 1 aliphatic heterocycles. The standard InChI is InChI=1S/C14H19N5O/c1-11-3-4-14(15-7-11)19-9-13(16-17-19)8-18-5-6-20-10-12(18)2/h3-4,7,9,12H,5-6,8,10H2,1-2H3/t12-/m1/s1. The van der Waals surface area contributed by atoms with E-state index in [2.05, 4.69) is 27.1 Å². The molecule has 0 amide bonds. The molecule has 0 aliphatic carbocycles. The first-order valence-electron chi connectivity index (χ1n) is 6.88. The first kappa shape index (κ1) is 13.2. The fourth-order valence-corrected chi connectivity index (χ4v) is 2.28. The van der Waals surface area contributed by atoms with Crippen molar-refractivity contribution in [3.8, 4) is 5.82 Å². The highest BCUT2D eigenvalue weighted by atomic mass is 16.5. The molecule has 0 N–H and O–H groups in total. The normalized spacial score (nSPS) is 20.2. The van der Waals surface area contributed by atoms with E-state index in [-0.39, 0.29) is 0 Å². The van der Waals surface area contributed by atoms with Gasteiger partial charge in [0.15, 0.2) is 5.82 Å².